The zero-order chi connectivity index (χ0) is 17.3. The van der Waals surface area contributed by atoms with Gasteiger partial charge < -0.3 is 10.2 Å². The molecular formula is C15H12FN3O4S. The first kappa shape index (κ1) is 16.1. The average molecular weight is 349 g/mol. The second-order valence-corrected chi connectivity index (χ2v) is 6.24. The summed E-state index contributed by atoms with van der Waals surface area (Å²) in [4.78, 5) is 36.2. The van der Waals surface area contributed by atoms with E-state index in [1.807, 2.05) is 0 Å². The van der Waals surface area contributed by atoms with E-state index in [9.17, 15) is 24.1 Å². The third-order valence-corrected chi connectivity index (χ3v) is 4.54. The van der Waals surface area contributed by atoms with Crippen molar-refractivity contribution in [2.75, 3.05) is 18.4 Å². The number of hydrogen-bond donors (Lipinski definition) is 1. The molecule has 0 spiro atoms. The van der Waals surface area contributed by atoms with Crippen molar-refractivity contribution < 1.29 is 18.9 Å². The molecule has 0 aliphatic carbocycles. The van der Waals surface area contributed by atoms with Gasteiger partial charge in [-0.3, -0.25) is 19.7 Å². The molecular weight excluding hydrogens is 337 g/mol. The third kappa shape index (κ3) is 3.11. The van der Waals surface area contributed by atoms with Gasteiger partial charge in [0, 0.05) is 24.8 Å². The summed E-state index contributed by atoms with van der Waals surface area (Å²) in [5.41, 5.74) is -0.549. The van der Waals surface area contributed by atoms with Crippen LogP contribution in [0.15, 0.2) is 35.7 Å². The number of nitrogens with one attached hydrogen (secondary N) is 1. The van der Waals surface area contributed by atoms with Crippen LogP contribution in [0.3, 0.4) is 0 Å². The zero-order valence-electron chi connectivity index (χ0n) is 12.3. The number of likely N-dealkylation sites (tertiary alicyclic amines) is 1. The van der Waals surface area contributed by atoms with Crippen molar-refractivity contribution in [1.82, 2.24) is 4.90 Å². The van der Waals surface area contributed by atoms with Gasteiger partial charge in [0.1, 0.15) is 0 Å². The summed E-state index contributed by atoms with van der Waals surface area (Å²) >= 11 is 1.34. The summed E-state index contributed by atoms with van der Waals surface area (Å²) in [6, 6.07) is 6.66. The molecule has 0 unspecified atom stereocenters. The summed E-state index contributed by atoms with van der Waals surface area (Å²) in [5, 5.41) is 15.0. The Morgan fingerprint density at radius 1 is 1.33 bits per heavy atom. The molecule has 2 heterocycles. The Morgan fingerprint density at radius 3 is 2.71 bits per heavy atom. The van der Waals surface area contributed by atoms with Crippen LogP contribution >= 0.6 is 11.3 Å². The number of anilines is 1. The predicted molar refractivity (Wildman–Crippen MR) is 85.4 cm³/mol. The summed E-state index contributed by atoms with van der Waals surface area (Å²) in [6.07, 6.45) is 0. The Balaban J connectivity index is 1.58. The van der Waals surface area contributed by atoms with E-state index in [1.54, 1.807) is 22.4 Å². The Bertz CT molecular complexity index is 803. The topological polar surface area (TPSA) is 92.5 Å². The number of nitro groups is 1. The Kier molecular flexibility index (Phi) is 4.26. The number of amides is 2. The smallest absolute Gasteiger partial charge is 0.306 e. The number of carbonyl (C=O) groups is 2. The van der Waals surface area contributed by atoms with Gasteiger partial charge in [-0.05, 0) is 23.6 Å². The molecule has 1 aromatic heterocycles. The minimum atomic E-state index is -0.964. The van der Waals surface area contributed by atoms with Crippen molar-refractivity contribution in [3.63, 3.8) is 0 Å². The SMILES string of the molecule is O=C(Nc1ccc(F)c([N+](=O)[O-])c1)C1CN(C(=O)c2cccs2)C1. The number of benzene rings is 1. The minimum Gasteiger partial charge on any atom is -0.336 e. The average Bonchev–Trinajstić information content (AvgIpc) is 3.01. The standard InChI is InChI=1S/C15H12FN3O4S/c16-11-4-3-10(6-12(11)19(22)23)17-14(20)9-7-18(8-9)15(21)13-2-1-5-24-13/h1-6,9H,7-8H2,(H,17,20). The number of thiophene rings is 1. The molecule has 1 aliphatic heterocycles. The molecule has 9 heteroatoms. The zero-order valence-corrected chi connectivity index (χ0v) is 13.1. The molecule has 0 saturated carbocycles. The first-order valence-electron chi connectivity index (χ1n) is 7.03. The third-order valence-electron chi connectivity index (χ3n) is 3.68. The van der Waals surface area contributed by atoms with Crippen LogP contribution < -0.4 is 5.32 Å². The lowest BCUT2D eigenvalue weighted by Gasteiger charge is -2.37. The van der Waals surface area contributed by atoms with Gasteiger partial charge in [-0.25, -0.2) is 0 Å². The number of carbonyl (C=O) groups excluding carboxylic acids is 2. The van der Waals surface area contributed by atoms with Gasteiger partial charge in [-0.1, -0.05) is 6.07 Å². The molecule has 1 N–H and O–H groups in total. The van der Waals surface area contributed by atoms with E-state index in [0.29, 0.717) is 4.88 Å². The van der Waals surface area contributed by atoms with Crippen molar-refractivity contribution >= 4 is 34.5 Å². The van der Waals surface area contributed by atoms with E-state index in [4.69, 9.17) is 0 Å². The molecule has 7 nitrogen and oxygen atoms in total. The summed E-state index contributed by atoms with van der Waals surface area (Å²) in [5.74, 6) is -1.83. The largest absolute Gasteiger partial charge is 0.336 e. The second kappa shape index (κ2) is 6.36. The highest BCUT2D eigenvalue weighted by Gasteiger charge is 2.36. The molecule has 1 saturated heterocycles. The molecule has 3 rings (SSSR count). The van der Waals surface area contributed by atoms with Gasteiger partial charge >= 0.3 is 5.69 Å². The van der Waals surface area contributed by atoms with E-state index in [1.165, 1.54) is 17.4 Å². The maximum Gasteiger partial charge on any atom is 0.306 e. The number of hydrogen-bond acceptors (Lipinski definition) is 5. The first-order chi connectivity index (χ1) is 11.5. The molecule has 0 bridgehead atoms. The lowest BCUT2D eigenvalue weighted by Crippen LogP contribution is -2.54. The van der Waals surface area contributed by atoms with Crippen molar-refractivity contribution in [2.24, 2.45) is 5.92 Å². The van der Waals surface area contributed by atoms with Crippen LogP contribution in [0.5, 0.6) is 0 Å². The molecule has 1 aromatic carbocycles. The minimum absolute atomic E-state index is 0.119. The first-order valence-corrected chi connectivity index (χ1v) is 7.91. The Labute approximate surface area is 139 Å². The highest BCUT2D eigenvalue weighted by atomic mass is 32.1. The van der Waals surface area contributed by atoms with E-state index in [-0.39, 0.29) is 30.6 Å². The summed E-state index contributed by atoms with van der Waals surface area (Å²) in [7, 11) is 0. The van der Waals surface area contributed by atoms with Gasteiger partial charge in [0.2, 0.25) is 11.7 Å². The van der Waals surface area contributed by atoms with Crippen molar-refractivity contribution in [3.05, 3.63) is 56.5 Å². The molecule has 0 radical (unpaired) electrons. The predicted octanol–water partition coefficient (Wildman–Crippen LogP) is 2.51. The van der Waals surface area contributed by atoms with Crippen LogP contribution in [0.1, 0.15) is 9.67 Å². The van der Waals surface area contributed by atoms with Crippen LogP contribution in [0, 0.1) is 21.8 Å². The monoisotopic (exact) mass is 349 g/mol. The van der Waals surface area contributed by atoms with E-state index < -0.39 is 22.3 Å². The van der Waals surface area contributed by atoms with Crippen LogP contribution in [0.25, 0.3) is 0 Å². The molecule has 0 atom stereocenters. The molecule has 1 aliphatic rings. The lowest BCUT2D eigenvalue weighted by atomic mass is 9.98. The summed E-state index contributed by atoms with van der Waals surface area (Å²) in [6.45, 7) is 0.567. The number of nitro benzene ring substituents is 1. The van der Waals surface area contributed by atoms with Crippen LogP contribution in [-0.2, 0) is 4.79 Å². The molecule has 1 fully saturated rings. The summed E-state index contributed by atoms with van der Waals surface area (Å²) < 4.78 is 13.3. The fourth-order valence-electron chi connectivity index (χ4n) is 2.34. The molecule has 124 valence electrons. The van der Waals surface area contributed by atoms with Gasteiger partial charge in [-0.2, -0.15) is 4.39 Å². The van der Waals surface area contributed by atoms with E-state index in [0.717, 1.165) is 12.1 Å². The van der Waals surface area contributed by atoms with E-state index in [2.05, 4.69) is 5.32 Å². The van der Waals surface area contributed by atoms with Crippen LogP contribution in [0.4, 0.5) is 15.8 Å². The molecule has 2 amide bonds. The van der Waals surface area contributed by atoms with Crippen molar-refractivity contribution in [2.45, 2.75) is 0 Å². The van der Waals surface area contributed by atoms with Gasteiger partial charge in [0.15, 0.2) is 0 Å². The highest BCUT2D eigenvalue weighted by Crippen LogP contribution is 2.25. The quantitative estimate of drug-likeness (QED) is 0.678. The van der Waals surface area contributed by atoms with Gasteiger partial charge in [0.25, 0.3) is 5.91 Å². The molecule has 2 aromatic rings. The fourth-order valence-corrected chi connectivity index (χ4v) is 3.03. The normalized spacial score (nSPS) is 14.1. The van der Waals surface area contributed by atoms with Gasteiger partial charge in [0.05, 0.1) is 15.7 Å². The highest BCUT2D eigenvalue weighted by molar-refractivity contribution is 7.12. The Morgan fingerprint density at radius 2 is 2.08 bits per heavy atom. The lowest BCUT2D eigenvalue weighted by molar-refractivity contribution is -0.387. The Hall–Kier alpha value is -2.81. The van der Waals surface area contributed by atoms with Gasteiger partial charge in [-0.15, -0.1) is 11.3 Å². The second-order valence-electron chi connectivity index (χ2n) is 5.30. The number of halogens is 1. The van der Waals surface area contributed by atoms with Crippen LogP contribution in [0.2, 0.25) is 0 Å². The number of rotatable bonds is 4. The fraction of sp³-hybridized carbons (Fsp3) is 0.200. The van der Waals surface area contributed by atoms with Crippen molar-refractivity contribution in [3.8, 4) is 0 Å². The van der Waals surface area contributed by atoms with Crippen molar-refractivity contribution in [1.29, 1.82) is 0 Å². The number of nitrogens with zero attached hydrogens (tertiary/aromatic N) is 2. The van der Waals surface area contributed by atoms with Crippen LogP contribution in [-0.4, -0.2) is 34.7 Å². The maximum absolute atomic E-state index is 13.3. The maximum atomic E-state index is 13.3. The molecule has 24 heavy (non-hydrogen) atoms. The van der Waals surface area contributed by atoms with E-state index >= 15 is 0 Å².